The molecule has 0 amide bonds. The van der Waals surface area contributed by atoms with E-state index in [2.05, 4.69) is 132 Å². The van der Waals surface area contributed by atoms with E-state index in [0.29, 0.717) is 45.5 Å². The van der Waals surface area contributed by atoms with Gasteiger partial charge in [0.2, 0.25) is 0 Å². The topological polar surface area (TPSA) is 83.6 Å². The van der Waals surface area contributed by atoms with E-state index in [0.717, 1.165) is 54.9 Å². The minimum absolute atomic E-state index is 0. The van der Waals surface area contributed by atoms with Crippen LogP contribution < -0.4 is 9.47 Å². The van der Waals surface area contributed by atoms with Crippen molar-refractivity contribution in [3.8, 4) is 45.6 Å². The van der Waals surface area contributed by atoms with Crippen LogP contribution in [0, 0.1) is 0 Å². The van der Waals surface area contributed by atoms with Gasteiger partial charge in [-0.2, -0.15) is 0 Å². The number of phenolic OH excluding ortho intramolecular Hbond substituents is 2. The summed E-state index contributed by atoms with van der Waals surface area (Å²) < 4.78 is 14.1. The number of aliphatic imine (C=N–C) groups is 2. The summed E-state index contributed by atoms with van der Waals surface area (Å²) in [6, 6.07) is 48.6. The van der Waals surface area contributed by atoms with Crippen LogP contribution in [0.5, 0.6) is 34.5 Å². The molecule has 0 fully saturated rings. The minimum atomic E-state index is -0.278. The summed E-state index contributed by atoms with van der Waals surface area (Å²) in [6.07, 6.45) is 3.48. The molecule has 0 spiro atoms. The fraction of sp³-hybridized carbons (Fsp3) is 0.258. The minimum Gasteiger partial charge on any atom is -0.507 e. The molecular weight excluding hydrogens is 892 g/mol. The number of hydrogen-bond acceptors (Lipinski definition) is 6. The zero-order valence-electron chi connectivity index (χ0n) is 42.0. The average molecular weight is 956 g/mol. The first-order valence-electron chi connectivity index (χ1n) is 23.5. The number of ether oxygens (including phenoxy) is 2. The number of rotatable bonds is 9. The van der Waals surface area contributed by atoms with Crippen molar-refractivity contribution in [1.82, 2.24) is 0 Å². The fourth-order valence-electron chi connectivity index (χ4n) is 8.52. The van der Waals surface area contributed by atoms with Gasteiger partial charge in [0.25, 0.3) is 0 Å². The van der Waals surface area contributed by atoms with E-state index < -0.39 is 0 Å². The number of benzene rings is 8. The second-order valence-corrected chi connectivity index (χ2v) is 21.9. The standard InChI is InChI=1S/C62H64N2O4.Mn/c1-59(2,3)43-33-41(57(65)47(35-43)61(7,8)9)37-63-49-25-17-19-27-51(49)67-53-31-29-39-21-13-15-23-45(39)55(53)56-46-24-16-14-22-40(46)30-32-54(56)68-52-28-20-18-26-50(52)64-38-42-34-44(60(4,5)6)36-48(58(42)66)62(10,11)12;/h13-38,65-66H,1-12H3;. The molecule has 0 aliphatic heterocycles. The first kappa shape index (κ1) is 50.2. The van der Waals surface area contributed by atoms with Gasteiger partial charge < -0.3 is 19.7 Å². The normalized spacial score (nSPS) is 12.5. The molecule has 0 aliphatic rings. The third-order valence-corrected chi connectivity index (χ3v) is 12.5. The Morgan fingerprint density at radius 1 is 0.391 bits per heavy atom. The summed E-state index contributed by atoms with van der Waals surface area (Å²) in [7, 11) is 0. The molecule has 6 nitrogen and oxygen atoms in total. The number of hydrogen-bond donors (Lipinski definition) is 2. The average Bonchev–Trinajstić information content (AvgIpc) is 3.27. The number of phenols is 2. The second kappa shape index (κ2) is 19.4. The van der Waals surface area contributed by atoms with Crippen molar-refractivity contribution in [3.05, 3.63) is 179 Å². The summed E-state index contributed by atoms with van der Waals surface area (Å²) in [5.41, 5.74) is 7.40. The SMILES string of the molecule is CC(C)(C)c1cc(C=Nc2ccccc2Oc2ccc3ccccc3c2-c2c(Oc3ccccc3N=Cc3cc(C(C)(C)C)cc(C(C)(C)C)c3O)ccc3ccccc23)c(O)c(C(C)(C)C)c1.[Mn]. The molecule has 8 rings (SSSR count). The van der Waals surface area contributed by atoms with Crippen LogP contribution in [0.15, 0.2) is 156 Å². The van der Waals surface area contributed by atoms with Gasteiger partial charge in [-0.15, -0.1) is 0 Å². The van der Waals surface area contributed by atoms with Gasteiger partial charge in [0.1, 0.15) is 34.4 Å². The van der Waals surface area contributed by atoms with Crippen LogP contribution in [0.2, 0.25) is 0 Å². The largest absolute Gasteiger partial charge is 0.507 e. The van der Waals surface area contributed by atoms with Gasteiger partial charge >= 0.3 is 0 Å². The van der Waals surface area contributed by atoms with E-state index in [4.69, 9.17) is 19.5 Å². The molecule has 7 heteroatoms. The van der Waals surface area contributed by atoms with Crippen LogP contribution >= 0.6 is 0 Å². The molecule has 1 radical (unpaired) electrons. The smallest absolute Gasteiger partial charge is 0.153 e. The molecule has 0 saturated carbocycles. The molecule has 0 heterocycles. The van der Waals surface area contributed by atoms with Gasteiger partial charge in [0.05, 0.1) is 0 Å². The predicted octanol–water partition coefficient (Wildman–Crippen LogP) is 17.3. The Kier molecular flexibility index (Phi) is 14.1. The van der Waals surface area contributed by atoms with Gasteiger partial charge in [-0.05, 0) is 103 Å². The summed E-state index contributed by atoms with van der Waals surface area (Å²) >= 11 is 0. The predicted molar refractivity (Wildman–Crippen MR) is 285 cm³/mol. The molecule has 2 N–H and O–H groups in total. The van der Waals surface area contributed by atoms with Gasteiger partial charge in [0.15, 0.2) is 11.5 Å². The molecule has 0 unspecified atom stereocenters. The molecule has 0 saturated heterocycles. The maximum absolute atomic E-state index is 11.6. The molecular formula is C62H64MnN2O4. The molecule has 353 valence electrons. The third kappa shape index (κ3) is 10.8. The summed E-state index contributed by atoms with van der Waals surface area (Å²) in [5.74, 6) is 2.80. The Morgan fingerprint density at radius 3 is 1.10 bits per heavy atom. The molecule has 8 aromatic rings. The van der Waals surface area contributed by atoms with Crippen LogP contribution in [0.25, 0.3) is 32.7 Å². The Bertz CT molecular complexity index is 3030. The number of para-hydroxylation sites is 4. The van der Waals surface area contributed by atoms with Crippen LogP contribution in [0.3, 0.4) is 0 Å². The fourth-order valence-corrected chi connectivity index (χ4v) is 8.52. The van der Waals surface area contributed by atoms with Gasteiger partial charge in [-0.25, -0.2) is 0 Å². The van der Waals surface area contributed by atoms with Gasteiger partial charge in [-0.1, -0.05) is 180 Å². The molecule has 0 aromatic heterocycles. The molecule has 0 aliphatic carbocycles. The first-order valence-corrected chi connectivity index (χ1v) is 23.5. The summed E-state index contributed by atoms with van der Waals surface area (Å²) in [6.45, 7) is 25.8. The summed E-state index contributed by atoms with van der Waals surface area (Å²) in [4.78, 5) is 9.98. The van der Waals surface area contributed by atoms with Crippen LogP contribution in [0.1, 0.15) is 116 Å². The van der Waals surface area contributed by atoms with Crippen molar-refractivity contribution < 1.29 is 36.8 Å². The van der Waals surface area contributed by atoms with Crippen molar-refractivity contribution >= 4 is 45.3 Å². The van der Waals surface area contributed by atoms with E-state index in [-0.39, 0.29) is 50.2 Å². The van der Waals surface area contributed by atoms with Crippen LogP contribution in [0.4, 0.5) is 11.4 Å². The molecule has 0 bridgehead atoms. The van der Waals surface area contributed by atoms with Crippen LogP contribution in [-0.4, -0.2) is 22.6 Å². The number of aromatic hydroxyl groups is 2. The summed E-state index contributed by atoms with van der Waals surface area (Å²) in [5, 5.41) is 27.3. The molecule has 0 atom stereocenters. The number of nitrogens with zero attached hydrogens (tertiary/aromatic N) is 2. The quantitative estimate of drug-likeness (QED) is 0.112. The Balaban J connectivity index is 0.00000703. The molecule has 69 heavy (non-hydrogen) atoms. The zero-order valence-corrected chi connectivity index (χ0v) is 43.2. The Morgan fingerprint density at radius 2 is 0.739 bits per heavy atom. The monoisotopic (exact) mass is 955 g/mol. The van der Waals surface area contributed by atoms with E-state index in [1.165, 1.54) is 0 Å². The third-order valence-electron chi connectivity index (χ3n) is 12.5. The van der Waals surface area contributed by atoms with Crippen molar-refractivity contribution in [2.75, 3.05) is 0 Å². The zero-order chi connectivity index (χ0) is 48.8. The van der Waals surface area contributed by atoms with Crippen molar-refractivity contribution in [3.63, 3.8) is 0 Å². The first-order chi connectivity index (χ1) is 32.1. The maximum Gasteiger partial charge on any atom is 0.153 e. The molecule has 8 aromatic carbocycles. The van der Waals surface area contributed by atoms with E-state index in [9.17, 15) is 10.2 Å². The Hall–Kier alpha value is -6.66. The van der Waals surface area contributed by atoms with Crippen molar-refractivity contribution in [2.45, 2.75) is 105 Å². The van der Waals surface area contributed by atoms with Crippen molar-refractivity contribution in [2.24, 2.45) is 9.98 Å². The van der Waals surface area contributed by atoms with Gasteiger partial charge in [-0.3, -0.25) is 9.98 Å². The van der Waals surface area contributed by atoms with E-state index in [1.54, 1.807) is 12.4 Å². The second-order valence-electron chi connectivity index (χ2n) is 21.9. The van der Waals surface area contributed by atoms with Crippen molar-refractivity contribution in [1.29, 1.82) is 0 Å². The Labute approximate surface area is 419 Å². The van der Waals surface area contributed by atoms with E-state index >= 15 is 0 Å². The van der Waals surface area contributed by atoms with Crippen LogP contribution in [-0.2, 0) is 38.7 Å². The van der Waals surface area contributed by atoms with E-state index in [1.807, 2.05) is 97.1 Å². The number of fused-ring (bicyclic) bond motifs is 2. The van der Waals surface area contributed by atoms with Gasteiger partial charge in [0, 0.05) is 62.9 Å². The maximum atomic E-state index is 11.6.